The van der Waals surface area contributed by atoms with Crippen LogP contribution in [-0.2, 0) is 13.6 Å². The second-order valence-corrected chi connectivity index (χ2v) is 1.97. The number of nitrogens with zero attached hydrogens (tertiary/aromatic N) is 2. The predicted molar refractivity (Wildman–Crippen MR) is 31.2 cm³/mol. The summed E-state index contributed by atoms with van der Waals surface area (Å²) in [7, 11) is 1.81. The average Bonchev–Trinajstić information content (AvgIpc) is 2.10. The van der Waals surface area contributed by atoms with Gasteiger partial charge in [0.15, 0.2) is 7.05 Å². The summed E-state index contributed by atoms with van der Waals surface area (Å²) in [4.78, 5) is 0. The largest absolute Gasteiger partial charge is 0.230 e. The van der Waals surface area contributed by atoms with Crippen molar-refractivity contribution >= 4 is 0 Å². The Bertz CT molecular complexity index is 205. The first-order valence-electron chi connectivity index (χ1n) is 2.95. The maximum atomic E-state index is 12.3. The summed E-state index contributed by atoms with van der Waals surface area (Å²) >= 11 is 0. The van der Waals surface area contributed by atoms with Crippen molar-refractivity contribution in [3.05, 3.63) is 18.2 Å². The van der Waals surface area contributed by atoms with E-state index in [1.807, 2.05) is 14.0 Å². The SMILES string of the molecule is CCn1cc(F)c[n+]1C. The van der Waals surface area contributed by atoms with Gasteiger partial charge in [0.1, 0.15) is 6.20 Å². The van der Waals surface area contributed by atoms with Crippen LogP contribution in [0.5, 0.6) is 0 Å². The smallest absolute Gasteiger partial charge is 0.198 e. The molecule has 0 aliphatic rings. The molecule has 0 spiro atoms. The van der Waals surface area contributed by atoms with Gasteiger partial charge < -0.3 is 0 Å². The molecule has 0 unspecified atom stereocenters. The summed E-state index contributed by atoms with van der Waals surface area (Å²) in [5, 5.41) is 0. The van der Waals surface area contributed by atoms with Crippen molar-refractivity contribution in [1.82, 2.24) is 4.68 Å². The molecule has 0 atom stereocenters. The minimum atomic E-state index is -0.181. The Morgan fingerprint density at radius 1 is 1.78 bits per heavy atom. The molecule has 0 fully saturated rings. The Morgan fingerprint density at radius 2 is 2.44 bits per heavy atom. The second kappa shape index (κ2) is 2.17. The van der Waals surface area contributed by atoms with Crippen molar-refractivity contribution in [2.75, 3.05) is 0 Å². The molecule has 0 aliphatic heterocycles. The van der Waals surface area contributed by atoms with Crippen molar-refractivity contribution in [2.24, 2.45) is 7.05 Å². The van der Waals surface area contributed by atoms with Crippen LogP contribution in [-0.4, -0.2) is 4.68 Å². The minimum Gasteiger partial charge on any atom is -0.198 e. The van der Waals surface area contributed by atoms with E-state index in [-0.39, 0.29) is 5.82 Å². The maximum Gasteiger partial charge on any atom is 0.230 e. The highest BCUT2D eigenvalue weighted by molar-refractivity contribution is 4.77. The maximum absolute atomic E-state index is 12.3. The van der Waals surface area contributed by atoms with E-state index in [1.54, 1.807) is 9.36 Å². The molecule has 0 radical (unpaired) electrons. The molecule has 9 heavy (non-hydrogen) atoms. The lowest BCUT2D eigenvalue weighted by Crippen LogP contribution is -2.37. The van der Waals surface area contributed by atoms with Crippen molar-refractivity contribution in [3.63, 3.8) is 0 Å². The molecule has 2 nitrogen and oxygen atoms in total. The fourth-order valence-electron chi connectivity index (χ4n) is 0.834. The Hall–Kier alpha value is -0.860. The monoisotopic (exact) mass is 129 g/mol. The van der Waals surface area contributed by atoms with Gasteiger partial charge in [-0.3, -0.25) is 0 Å². The van der Waals surface area contributed by atoms with Crippen molar-refractivity contribution < 1.29 is 9.07 Å². The number of rotatable bonds is 1. The van der Waals surface area contributed by atoms with E-state index in [2.05, 4.69) is 0 Å². The van der Waals surface area contributed by atoms with Gasteiger partial charge >= 0.3 is 0 Å². The molecule has 0 N–H and O–H groups in total. The minimum absolute atomic E-state index is 0.181. The van der Waals surface area contributed by atoms with Crippen molar-refractivity contribution in [1.29, 1.82) is 0 Å². The lowest BCUT2D eigenvalue weighted by Gasteiger charge is -1.89. The van der Waals surface area contributed by atoms with Crippen LogP contribution >= 0.6 is 0 Å². The summed E-state index contributed by atoms with van der Waals surface area (Å²) in [6.07, 6.45) is 2.92. The van der Waals surface area contributed by atoms with Crippen LogP contribution in [0.3, 0.4) is 0 Å². The number of hydrogen-bond acceptors (Lipinski definition) is 0. The van der Waals surface area contributed by atoms with E-state index in [0.717, 1.165) is 6.54 Å². The van der Waals surface area contributed by atoms with Crippen LogP contribution < -0.4 is 4.68 Å². The van der Waals surface area contributed by atoms with E-state index < -0.39 is 0 Å². The van der Waals surface area contributed by atoms with E-state index >= 15 is 0 Å². The van der Waals surface area contributed by atoms with Crippen molar-refractivity contribution in [3.8, 4) is 0 Å². The number of hydrogen-bond donors (Lipinski definition) is 0. The highest BCUT2D eigenvalue weighted by Crippen LogP contribution is 1.89. The van der Waals surface area contributed by atoms with Crippen molar-refractivity contribution in [2.45, 2.75) is 13.5 Å². The zero-order valence-electron chi connectivity index (χ0n) is 5.63. The Balaban J connectivity index is 3.01. The molecular formula is C6H10FN2+. The van der Waals surface area contributed by atoms with Crippen LogP contribution in [0.15, 0.2) is 12.4 Å². The second-order valence-electron chi connectivity index (χ2n) is 1.97. The first kappa shape index (κ1) is 6.26. The first-order valence-corrected chi connectivity index (χ1v) is 2.95. The Kier molecular flexibility index (Phi) is 1.51. The summed E-state index contributed by atoms with van der Waals surface area (Å²) in [6.45, 7) is 2.78. The number of aryl methyl sites for hydroxylation is 2. The van der Waals surface area contributed by atoms with Gasteiger partial charge in [0.05, 0.1) is 6.54 Å². The van der Waals surface area contributed by atoms with Gasteiger partial charge in [-0.15, -0.1) is 4.68 Å². The molecule has 1 rings (SSSR count). The number of halogens is 1. The molecule has 0 aromatic carbocycles. The van der Waals surface area contributed by atoms with Gasteiger partial charge in [0.2, 0.25) is 12.0 Å². The third-order valence-corrected chi connectivity index (χ3v) is 1.31. The molecule has 0 bridgehead atoms. The molecule has 3 heteroatoms. The van der Waals surface area contributed by atoms with Crippen LogP contribution in [0.25, 0.3) is 0 Å². The zero-order valence-corrected chi connectivity index (χ0v) is 5.63. The van der Waals surface area contributed by atoms with Gasteiger partial charge in [0.25, 0.3) is 0 Å². The molecule has 0 saturated carbocycles. The lowest BCUT2D eigenvalue weighted by atomic mass is 10.7. The predicted octanol–water partition coefficient (Wildman–Crippen LogP) is 0.472. The molecule has 50 valence electrons. The third kappa shape index (κ3) is 1.09. The molecule has 1 aromatic rings. The van der Waals surface area contributed by atoms with E-state index in [9.17, 15) is 4.39 Å². The third-order valence-electron chi connectivity index (χ3n) is 1.31. The van der Waals surface area contributed by atoms with E-state index in [4.69, 9.17) is 0 Å². The zero-order chi connectivity index (χ0) is 6.85. The highest BCUT2D eigenvalue weighted by atomic mass is 19.1. The van der Waals surface area contributed by atoms with Crippen LogP contribution in [0.2, 0.25) is 0 Å². The van der Waals surface area contributed by atoms with Crippen LogP contribution in [0, 0.1) is 5.82 Å². The fraction of sp³-hybridized carbons (Fsp3) is 0.500. The van der Waals surface area contributed by atoms with E-state index in [0.29, 0.717) is 0 Å². The standard InChI is InChI=1S/C6H10FN2/c1-3-9-5-6(7)4-8(9)2/h4-5H,3H2,1-2H3/q+1. The molecule has 1 aromatic heterocycles. The molecule has 0 amide bonds. The highest BCUT2D eigenvalue weighted by Gasteiger charge is 2.04. The number of aromatic nitrogens is 2. The first-order chi connectivity index (χ1) is 4.24. The summed E-state index contributed by atoms with van der Waals surface area (Å²) < 4.78 is 15.8. The summed E-state index contributed by atoms with van der Waals surface area (Å²) in [6, 6.07) is 0. The Morgan fingerprint density at radius 3 is 2.67 bits per heavy atom. The topological polar surface area (TPSA) is 8.81 Å². The summed E-state index contributed by atoms with van der Waals surface area (Å²) in [5.74, 6) is -0.181. The van der Waals surface area contributed by atoms with Gasteiger partial charge in [-0.2, -0.15) is 9.07 Å². The lowest BCUT2D eigenvalue weighted by molar-refractivity contribution is -0.753. The average molecular weight is 129 g/mol. The normalized spacial score (nSPS) is 10.1. The van der Waals surface area contributed by atoms with Crippen LogP contribution in [0.1, 0.15) is 6.92 Å². The molecular weight excluding hydrogens is 119 g/mol. The van der Waals surface area contributed by atoms with Crippen LogP contribution in [0.4, 0.5) is 4.39 Å². The molecule has 0 aliphatic carbocycles. The molecule has 1 heterocycles. The van der Waals surface area contributed by atoms with Gasteiger partial charge in [-0.1, -0.05) is 0 Å². The molecule has 0 saturated heterocycles. The fourth-order valence-corrected chi connectivity index (χ4v) is 0.834. The summed E-state index contributed by atoms with van der Waals surface area (Å²) in [5.41, 5.74) is 0. The van der Waals surface area contributed by atoms with Gasteiger partial charge in [-0.25, -0.2) is 0 Å². The quantitative estimate of drug-likeness (QED) is 0.487. The van der Waals surface area contributed by atoms with E-state index in [1.165, 1.54) is 12.4 Å². The van der Waals surface area contributed by atoms with Gasteiger partial charge in [0, 0.05) is 0 Å². The Labute approximate surface area is 53.5 Å². The van der Waals surface area contributed by atoms with Gasteiger partial charge in [-0.05, 0) is 6.92 Å².